The molecule has 1 heterocycles. The van der Waals surface area contributed by atoms with Crippen LogP contribution in [-0.4, -0.2) is 11.2 Å². The molecular formula is C20H22N2O. The number of hydrogen-bond donors (Lipinski definition) is 0. The Morgan fingerprint density at radius 1 is 0.870 bits per heavy atom. The molecule has 118 valence electrons. The highest BCUT2D eigenvalue weighted by molar-refractivity contribution is 5.69. The van der Waals surface area contributed by atoms with E-state index in [0.29, 0.717) is 0 Å². The van der Waals surface area contributed by atoms with Gasteiger partial charge < -0.3 is 9.42 Å². The smallest absolute Gasteiger partial charge is 0.235 e. The molecule has 3 aromatic rings. The molecule has 0 saturated carbocycles. The van der Waals surface area contributed by atoms with Gasteiger partial charge in [-0.15, -0.1) is 0 Å². The fraction of sp³-hybridized carbons (Fsp3) is 0.250. The van der Waals surface area contributed by atoms with Crippen LogP contribution in [-0.2, 0) is 0 Å². The molecule has 3 nitrogen and oxygen atoms in total. The average molecular weight is 306 g/mol. The Bertz CT molecular complexity index is 773. The van der Waals surface area contributed by atoms with Crippen LogP contribution in [0.25, 0.3) is 11.1 Å². The fourth-order valence-corrected chi connectivity index (χ4v) is 2.72. The molecule has 0 spiro atoms. The maximum absolute atomic E-state index is 5.56. The van der Waals surface area contributed by atoms with E-state index in [4.69, 9.17) is 4.52 Å². The van der Waals surface area contributed by atoms with Crippen LogP contribution in [0.4, 0.5) is 11.6 Å². The number of hydrogen-bond acceptors (Lipinski definition) is 3. The van der Waals surface area contributed by atoms with Crippen LogP contribution in [0.3, 0.4) is 0 Å². The summed E-state index contributed by atoms with van der Waals surface area (Å²) in [5.41, 5.74) is 5.57. The molecule has 0 aliphatic carbocycles. The normalized spacial score (nSPS) is 11.0. The van der Waals surface area contributed by atoms with Crippen molar-refractivity contribution in [3.63, 3.8) is 0 Å². The third-order valence-electron chi connectivity index (χ3n) is 4.12. The van der Waals surface area contributed by atoms with Crippen LogP contribution in [0.5, 0.6) is 0 Å². The molecule has 23 heavy (non-hydrogen) atoms. The molecule has 0 aliphatic heterocycles. The molecular weight excluding hydrogens is 284 g/mol. The maximum atomic E-state index is 5.56. The third kappa shape index (κ3) is 3.00. The summed E-state index contributed by atoms with van der Waals surface area (Å²) >= 11 is 0. The first kappa shape index (κ1) is 15.3. The highest BCUT2D eigenvalue weighted by Crippen LogP contribution is 2.33. The largest absolute Gasteiger partial charge is 0.338 e. The van der Waals surface area contributed by atoms with E-state index in [9.17, 15) is 0 Å². The summed E-state index contributed by atoms with van der Waals surface area (Å²) in [7, 11) is 0. The molecule has 0 saturated heterocycles. The fourth-order valence-electron chi connectivity index (χ4n) is 2.72. The van der Waals surface area contributed by atoms with Gasteiger partial charge in [0.25, 0.3) is 0 Å². The molecule has 2 aromatic carbocycles. The minimum Gasteiger partial charge on any atom is -0.338 e. The Hall–Kier alpha value is -2.55. The van der Waals surface area contributed by atoms with Crippen LogP contribution >= 0.6 is 0 Å². The monoisotopic (exact) mass is 306 g/mol. The van der Waals surface area contributed by atoms with Crippen LogP contribution in [0.2, 0.25) is 0 Å². The van der Waals surface area contributed by atoms with Crippen molar-refractivity contribution in [1.82, 2.24) is 5.16 Å². The molecule has 0 unspecified atom stereocenters. The summed E-state index contributed by atoms with van der Waals surface area (Å²) in [5, 5.41) is 4.09. The third-order valence-corrected chi connectivity index (χ3v) is 4.12. The first-order valence-corrected chi connectivity index (χ1v) is 7.95. The van der Waals surface area contributed by atoms with Gasteiger partial charge in [0.05, 0.1) is 5.69 Å². The maximum Gasteiger partial charge on any atom is 0.235 e. The van der Waals surface area contributed by atoms with Gasteiger partial charge in [-0.25, -0.2) is 0 Å². The number of benzene rings is 2. The Balaban J connectivity index is 1.97. The second-order valence-electron chi connectivity index (χ2n) is 6.07. The highest BCUT2D eigenvalue weighted by atomic mass is 16.5. The molecule has 3 rings (SSSR count). The minimum atomic E-state index is 0.281. The van der Waals surface area contributed by atoms with Gasteiger partial charge >= 0.3 is 0 Å². The van der Waals surface area contributed by atoms with Crippen molar-refractivity contribution in [1.29, 1.82) is 0 Å². The van der Waals surface area contributed by atoms with Gasteiger partial charge in [0.1, 0.15) is 0 Å². The summed E-state index contributed by atoms with van der Waals surface area (Å²) in [6.07, 6.45) is 0. The predicted molar refractivity (Wildman–Crippen MR) is 95.1 cm³/mol. The second kappa shape index (κ2) is 6.29. The van der Waals surface area contributed by atoms with Gasteiger partial charge in [-0.2, -0.15) is 0 Å². The number of aryl methyl sites for hydroxylation is 1. The summed E-state index contributed by atoms with van der Waals surface area (Å²) in [5.74, 6) is 0.824. The van der Waals surface area contributed by atoms with Crippen LogP contribution < -0.4 is 4.90 Å². The lowest BCUT2D eigenvalue weighted by Gasteiger charge is -2.26. The van der Waals surface area contributed by atoms with Crippen LogP contribution in [0, 0.1) is 13.8 Å². The van der Waals surface area contributed by atoms with Gasteiger partial charge in [-0.1, -0.05) is 47.6 Å². The summed E-state index contributed by atoms with van der Waals surface area (Å²) in [6.45, 7) is 8.33. The highest BCUT2D eigenvalue weighted by Gasteiger charge is 2.21. The first-order valence-electron chi connectivity index (χ1n) is 7.95. The van der Waals surface area contributed by atoms with E-state index < -0.39 is 0 Å². The van der Waals surface area contributed by atoms with Gasteiger partial charge in [-0.3, -0.25) is 0 Å². The lowest BCUT2D eigenvalue weighted by molar-refractivity contribution is 0.413. The van der Waals surface area contributed by atoms with Gasteiger partial charge in [0, 0.05) is 17.3 Å². The van der Waals surface area contributed by atoms with Crippen LogP contribution in [0.1, 0.15) is 25.1 Å². The number of aromatic nitrogens is 1. The number of nitrogens with zero attached hydrogens (tertiary/aromatic N) is 2. The lowest BCUT2D eigenvalue weighted by atomic mass is 10.0. The minimum absolute atomic E-state index is 0.281. The van der Waals surface area contributed by atoms with E-state index in [1.807, 2.05) is 13.0 Å². The van der Waals surface area contributed by atoms with E-state index in [2.05, 4.69) is 79.4 Å². The van der Waals surface area contributed by atoms with E-state index in [1.54, 1.807) is 0 Å². The molecule has 0 N–H and O–H groups in total. The van der Waals surface area contributed by atoms with Crippen molar-refractivity contribution < 1.29 is 4.52 Å². The lowest BCUT2D eigenvalue weighted by Crippen LogP contribution is -2.25. The Morgan fingerprint density at radius 3 is 2.00 bits per heavy atom. The molecule has 0 amide bonds. The van der Waals surface area contributed by atoms with Gasteiger partial charge in [0.2, 0.25) is 5.88 Å². The van der Waals surface area contributed by atoms with E-state index >= 15 is 0 Å². The SMILES string of the molecule is Cc1noc(N(c2ccc(-c3ccccc3)cc2)C(C)C)c1C. The zero-order valence-electron chi connectivity index (χ0n) is 14.1. The van der Waals surface area contributed by atoms with Crippen molar-refractivity contribution in [2.24, 2.45) is 0 Å². The molecule has 0 atom stereocenters. The zero-order valence-corrected chi connectivity index (χ0v) is 14.1. The van der Waals surface area contributed by atoms with E-state index in [-0.39, 0.29) is 6.04 Å². The summed E-state index contributed by atoms with van der Waals surface area (Å²) in [6, 6.07) is 19.3. The average Bonchev–Trinajstić information content (AvgIpc) is 2.89. The predicted octanol–water partition coefficient (Wildman–Crippen LogP) is 5.50. The second-order valence-corrected chi connectivity index (χ2v) is 6.07. The Morgan fingerprint density at radius 2 is 1.48 bits per heavy atom. The van der Waals surface area contributed by atoms with Crippen molar-refractivity contribution in [3.8, 4) is 11.1 Å². The van der Waals surface area contributed by atoms with Gasteiger partial charge in [0.15, 0.2) is 0 Å². The van der Waals surface area contributed by atoms with Gasteiger partial charge in [-0.05, 0) is 51.0 Å². The van der Waals surface area contributed by atoms with Crippen molar-refractivity contribution in [2.75, 3.05) is 4.90 Å². The quantitative estimate of drug-likeness (QED) is 0.637. The van der Waals surface area contributed by atoms with E-state index in [0.717, 1.165) is 22.8 Å². The van der Waals surface area contributed by atoms with Crippen molar-refractivity contribution in [3.05, 3.63) is 65.9 Å². The molecule has 0 fully saturated rings. The Labute approximate surface area is 137 Å². The molecule has 0 radical (unpaired) electrons. The molecule has 1 aromatic heterocycles. The van der Waals surface area contributed by atoms with Crippen LogP contribution in [0.15, 0.2) is 59.1 Å². The molecule has 3 heteroatoms. The van der Waals surface area contributed by atoms with E-state index in [1.165, 1.54) is 11.1 Å². The van der Waals surface area contributed by atoms with Crippen molar-refractivity contribution in [2.45, 2.75) is 33.7 Å². The number of anilines is 2. The first-order chi connectivity index (χ1) is 11.1. The zero-order chi connectivity index (χ0) is 16.4. The topological polar surface area (TPSA) is 29.3 Å². The van der Waals surface area contributed by atoms with Crippen molar-refractivity contribution >= 4 is 11.6 Å². The molecule has 0 bridgehead atoms. The number of rotatable bonds is 4. The molecule has 0 aliphatic rings. The summed E-state index contributed by atoms with van der Waals surface area (Å²) in [4.78, 5) is 2.18. The standard InChI is InChI=1S/C20H22N2O/c1-14(2)22(20-15(3)16(4)21-23-20)19-12-10-18(11-13-19)17-8-6-5-7-9-17/h5-14H,1-4H3. The Kier molecular flexibility index (Phi) is 4.20. The summed E-state index contributed by atoms with van der Waals surface area (Å²) < 4.78 is 5.56.